The lowest BCUT2D eigenvalue weighted by atomic mass is 9.94. The Morgan fingerprint density at radius 3 is 2.82 bits per heavy atom. The largest absolute Gasteiger partial charge is 0.481 e. The van der Waals surface area contributed by atoms with Crippen molar-refractivity contribution in [3.8, 4) is 18.1 Å². The van der Waals surface area contributed by atoms with E-state index in [9.17, 15) is 0 Å². The molecule has 1 N–H and O–H groups in total. The first kappa shape index (κ1) is 17.5. The van der Waals surface area contributed by atoms with Gasteiger partial charge >= 0.3 is 0 Å². The Hall–Kier alpha value is -3.95. The van der Waals surface area contributed by atoms with E-state index in [0.717, 1.165) is 40.4 Å². The molecule has 0 fully saturated rings. The molecule has 3 aromatic rings. The van der Waals surface area contributed by atoms with Crippen LogP contribution in [0.25, 0.3) is 0 Å². The third kappa shape index (κ3) is 3.47. The Balaban J connectivity index is 1.71. The fourth-order valence-electron chi connectivity index (χ4n) is 3.38. The molecule has 1 aliphatic heterocycles. The Kier molecular flexibility index (Phi) is 4.83. The van der Waals surface area contributed by atoms with Crippen LogP contribution in [0.3, 0.4) is 0 Å². The van der Waals surface area contributed by atoms with Crippen LogP contribution in [0.1, 0.15) is 17.0 Å². The van der Waals surface area contributed by atoms with E-state index in [2.05, 4.69) is 60.2 Å². The van der Waals surface area contributed by atoms with Gasteiger partial charge in [0.1, 0.15) is 23.2 Å². The highest BCUT2D eigenvalue weighted by atomic mass is 16.5. The van der Waals surface area contributed by atoms with Gasteiger partial charge in [0.15, 0.2) is 5.82 Å². The Morgan fingerprint density at radius 2 is 2.07 bits per heavy atom. The molecule has 0 spiro atoms. The zero-order chi connectivity index (χ0) is 19.3. The predicted octanol–water partition coefficient (Wildman–Crippen LogP) is 2.49. The summed E-state index contributed by atoms with van der Waals surface area (Å²) < 4.78 is 5.60. The Labute approximate surface area is 162 Å². The molecule has 0 aliphatic carbocycles. The summed E-state index contributed by atoms with van der Waals surface area (Å²) in [5, 5.41) is 18.3. The Morgan fingerprint density at radius 1 is 1.25 bits per heavy atom. The summed E-state index contributed by atoms with van der Waals surface area (Å²) in [6, 6.07) is 12.1. The first-order valence-electron chi connectivity index (χ1n) is 8.77. The number of rotatable bonds is 6. The van der Waals surface area contributed by atoms with Crippen molar-refractivity contribution in [3.63, 3.8) is 0 Å². The van der Waals surface area contributed by atoms with E-state index in [0.29, 0.717) is 18.8 Å². The molecule has 2 heterocycles. The number of ether oxygens (including phenoxy) is 1. The smallest absolute Gasteiger partial charge is 0.296 e. The van der Waals surface area contributed by atoms with Gasteiger partial charge in [-0.3, -0.25) is 0 Å². The number of tetrazole rings is 1. The van der Waals surface area contributed by atoms with Gasteiger partial charge in [-0.05, 0) is 47.5 Å². The summed E-state index contributed by atoms with van der Waals surface area (Å²) in [5.41, 5.74) is 5.32. The van der Waals surface area contributed by atoms with Gasteiger partial charge in [-0.15, -0.1) is 16.6 Å². The fourth-order valence-corrected chi connectivity index (χ4v) is 3.38. The van der Waals surface area contributed by atoms with Gasteiger partial charge < -0.3 is 9.64 Å². The highest BCUT2D eigenvalue weighted by Gasteiger charge is 2.24. The van der Waals surface area contributed by atoms with Crippen LogP contribution in [-0.4, -0.2) is 45.3 Å². The normalized spacial score (nSPS) is 11.8. The van der Waals surface area contributed by atoms with Gasteiger partial charge in [0.2, 0.25) is 0 Å². The maximum atomic E-state index is 5.60. The average Bonchev–Trinajstić information content (AvgIpc) is 3.23. The maximum Gasteiger partial charge on any atom is 0.296 e. The number of nitrogens with zero attached hydrogens (tertiary/aromatic N) is 6. The summed E-state index contributed by atoms with van der Waals surface area (Å²) in [6.07, 6.45) is 6.72. The molecule has 0 atom stereocenters. The molecule has 0 amide bonds. The number of benzene rings is 2. The molecule has 4 rings (SSSR count). The highest BCUT2D eigenvalue weighted by Crippen LogP contribution is 2.41. The van der Waals surface area contributed by atoms with Crippen LogP contribution in [0, 0.1) is 12.3 Å². The van der Waals surface area contributed by atoms with Crippen LogP contribution in [0.5, 0.6) is 5.75 Å². The molecule has 2 aromatic carbocycles. The van der Waals surface area contributed by atoms with Crippen molar-refractivity contribution in [2.24, 2.45) is 5.11 Å². The van der Waals surface area contributed by atoms with Crippen LogP contribution < -0.4 is 9.64 Å². The van der Waals surface area contributed by atoms with Crippen LogP contribution >= 0.6 is 0 Å². The van der Waals surface area contributed by atoms with E-state index in [1.807, 2.05) is 24.3 Å². The third-order valence-corrected chi connectivity index (χ3v) is 4.53. The fraction of sp³-hybridized carbons (Fsp3) is 0.200. The second kappa shape index (κ2) is 7.74. The van der Waals surface area contributed by atoms with Gasteiger partial charge in [-0.2, -0.15) is 5.21 Å². The first-order chi connectivity index (χ1) is 13.8. The van der Waals surface area contributed by atoms with Gasteiger partial charge in [0.25, 0.3) is 6.72 Å². The van der Waals surface area contributed by atoms with Gasteiger partial charge in [0.05, 0.1) is 0 Å². The van der Waals surface area contributed by atoms with E-state index in [1.165, 1.54) is 0 Å². The predicted molar refractivity (Wildman–Crippen MR) is 104 cm³/mol. The van der Waals surface area contributed by atoms with Crippen LogP contribution in [0.15, 0.2) is 41.5 Å². The summed E-state index contributed by atoms with van der Waals surface area (Å²) in [6.45, 7) is 4.38. The lowest BCUT2D eigenvalue weighted by Crippen LogP contribution is -2.26. The van der Waals surface area contributed by atoms with E-state index >= 15 is 0 Å². The van der Waals surface area contributed by atoms with E-state index in [1.54, 1.807) is 0 Å². The lowest BCUT2D eigenvalue weighted by Gasteiger charge is -2.33. The number of hydrogen-bond donors (Lipinski definition) is 1. The zero-order valence-electron chi connectivity index (χ0n) is 15.2. The second-order valence-electron chi connectivity index (χ2n) is 6.24. The average molecular weight is 372 g/mol. The number of nitrogens with one attached hydrogen (secondary N) is 1. The SMILES string of the molecule is C#CCOc1ccc2c(c1)Cc1cc(N=[N+]=C)ccc1N2CCc1nn[nH]n1. The number of terminal acetylenes is 1. The number of anilines is 2. The molecule has 0 unspecified atom stereocenters. The van der Waals surface area contributed by atoms with Gasteiger partial charge in [-0.25, -0.2) is 0 Å². The van der Waals surface area contributed by atoms with E-state index in [4.69, 9.17) is 11.2 Å². The molecular weight excluding hydrogens is 354 g/mol. The van der Waals surface area contributed by atoms with Crippen molar-refractivity contribution in [1.82, 2.24) is 20.6 Å². The molecule has 0 saturated heterocycles. The summed E-state index contributed by atoms with van der Waals surface area (Å²) in [4.78, 5) is 5.88. The maximum absolute atomic E-state index is 5.60. The van der Waals surface area contributed by atoms with Gasteiger partial charge in [0, 0.05) is 35.6 Å². The molecule has 1 aromatic heterocycles. The van der Waals surface area contributed by atoms with Crippen molar-refractivity contribution in [2.75, 3.05) is 18.1 Å². The van der Waals surface area contributed by atoms with Crippen molar-refractivity contribution in [2.45, 2.75) is 12.8 Å². The van der Waals surface area contributed by atoms with E-state index < -0.39 is 0 Å². The zero-order valence-corrected chi connectivity index (χ0v) is 15.2. The number of fused-ring (bicyclic) bond motifs is 2. The molecule has 138 valence electrons. The summed E-state index contributed by atoms with van der Waals surface area (Å²) in [5.74, 6) is 3.92. The minimum Gasteiger partial charge on any atom is -0.481 e. The first-order valence-corrected chi connectivity index (χ1v) is 8.77. The minimum absolute atomic E-state index is 0.241. The third-order valence-electron chi connectivity index (χ3n) is 4.53. The van der Waals surface area contributed by atoms with Crippen molar-refractivity contribution < 1.29 is 9.53 Å². The van der Waals surface area contributed by atoms with Crippen LogP contribution in [-0.2, 0) is 12.8 Å². The number of H-pyrrole nitrogens is 1. The topological polar surface area (TPSA) is 93.4 Å². The lowest BCUT2D eigenvalue weighted by molar-refractivity contribution is -0.0631. The van der Waals surface area contributed by atoms with Crippen molar-refractivity contribution in [3.05, 3.63) is 53.3 Å². The number of hydrogen-bond acceptors (Lipinski definition) is 6. The van der Waals surface area contributed by atoms with Gasteiger partial charge in [-0.1, -0.05) is 11.1 Å². The van der Waals surface area contributed by atoms with Crippen LogP contribution in [0.2, 0.25) is 0 Å². The molecule has 8 heteroatoms. The minimum atomic E-state index is 0.241. The van der Waals surface area contributed by atoms with Crippen molar-refractivity contribution in [1.29, 1.82) is 0 Å². The number of aromatic nitrogens is 4. The highest BCUT2D eigenvalue weighted by molar-refractivity contribution is 5.76. The second-order valence-corrected chi connectivity index (χ2v) is 6.24. The summed E-state index contributed by atoms with van der Waals surface area (Å²) >= 11 is 0. The van der Waals surface area contributed by atoms with E-state index in [-0.39, 0.29) is 6.61 Å². The van der Waals surface area contributed by atoms with Crippen molar-refractivity contribution >= 4 is 23.8 Å². The molecule has 8 nitrogen and oxygen atoms in total. The molecule has 0 saturated carbocycles. The monoisotopic (exact) mass is 372 g/mol. The molecule has 0 bridgehead atoms. The molecule has 28 heavy (non-hydrogen) atoms. The molecule has 1 aliphatic rings. The molecule has 0 radical (unpaired) electrons. The standard InChI is InChI=1S/C20H18N7O/c1-3-10-28-17-5-7-19-15(13-17)11-14-12-16(22-21-2)4-6-18(14)27(19)9-8-20-23-25-26-24-20/h1,4-7,12-13H,2,8-11H2,(H,23,24,25,26)/q+1. The molecular formula is C20H18N7O+. The number of aromatic amines is 1. The summed E-state index contributed by atoms with van der Waals surface area (Å²) in [7, 11) is 0. The Bertz CT molecular complexity index is 1080. The quantitative estimate of drug-likeness (QED) is 0.311. The van der Waals surface area contributed by atoms with Crippen LogP contribution in [0.4, 0.5) is 17.1 Å².